The Morgan fingerprint density at radius 3 is 1.68 bits per heavy atom. The molecule has 3 nitrogen and oxygen atoms in total. The van der Waals surface area contributed by atoms with Crippen molar-refractivity contribution in [3.63, 3.8) is 0 Å². The molecule has 0 aliphatic heterocycles. The van der Waals surface area contributed by atoms with Gasteiger partial charge in [0.25, 0.3) is 0 Å². The normalized spacial score (nSPS) is 10.7. The third kappa shape index (κ3) is 4.09. The number of ether oxygens (including phenoxy) is 1. The molecule has 2 heterocycles. The molecule has 0 aliphatic carbocycles. The van der Waals surface area contributed by atoms with Gasteiger partial charge in [0.1, 0.15) is 0 Å². The van der Waals surface area contributed by atoms with E-state index in [9.17, 15) is 0 Å². The highest BCUT2D eigenvalue weighted by Gasteiger charge is 2.05. The van der Waals surface area contributed by atoms with Crippen molar-refractivity contribution >= 4 is 31.9 Å². The van der Waals surface area contributed by atoms with Gasteiger partial charge in [-0.25, -0.2) is 0 Å². The number of rotatable bonds is 4. The van der Waals surface area contributed by atoms with Gasteiger partial charge < -0.3 is 4.74 Å². The van der Waals surface area contributed by atoms with Crippen LogP contribution >= 0.6 is 31.9 Å². The molecule has 0 aliphatic rings. The SMILES string of the molecule is Cc1cnc(COCc2ncc(C)cc2Br)c(Br)c1. The molecule has 2 rings (SSSR count). The third-order valence-corrected chi connectivity index (χ3v) is 3.96. The quantitative estimate of drug-likeness (QED) is 0.785. The Bertz CT molecular complexity index is 536. The maximum absolute atomic E-state index is 5.66. The summed E-state index contributed by atoms with van der Waals surface area (Å²) in [6, 6.07) is 4.07. The summed E-state index contributed by atoms with van der Waals surface area (Å²) in [5, 5.41) is 0. The molecule has 19 heavy (non-hydrogen) atoms. The van der Waals surface area contributed by atoms with Crippen LogP contribution in [-0.4, -0.2) is 9.97 Å². The van der Waals surface area contributed by atoms with Crippen LogP contribution < -0.4 is 0 Å². The number of aryl methyl sites for hydroxylation is 2. The van der Waals surface area contributed by atoms with Gasteiger partial charge in [-0.3, -0.25) is 9.97 Å². The minimum Gasteiger partial charge on any atom is -0.369 e. The second kappa shape index (κ2) is 6.59. The molecule has 0 fully saturated rings. The van der Waals surface area contributed by atoms with E-state index in [2.05, 4.69) is 41.8 Å². The minimum absolute atomic E-state index is 0.461. The van der Waals surface area contributed by atoms with Gasteiger partial charge in [-0.15, -0.1) is 0 Å². The van der Waals surface area contributed by atoms with Gasteiger partial charge in [-0.05, 0) is 69.0 Å². The van der Waals surface area contributed by atoms with Crippen LogP contribution in [0.5, 0.6) is 0 Å². The molecule has 0 amide bonds. The molecule has 2 aromatic heterocycles. The van der Waals surface area contributed by atoms with Crippen molar-refractivity contribution in [2.45, 2.75) is 27.1 Å². The average Bonchev–Trinajstić information content (AvgIpc) is 2.34. The van der Waals surface area contributed by atoms with Crippen molar-refractivity contribution in [2.24, 2.45) is 0 Å². The highest BCUT2D eigenvalue weighted by atomic mass is 79.9. The van der Waals surface area contributed by atoms with Crippen LogP contribution in [0.3, 0.4) is 0 Å². The zero-order valence-corrected chi connectivity index (χ0v) is 14.0. The summed E-state index contributed by atoms with van der Waals surface area (Å²) in [5.74, 6) is 0. The highest BCUT2D eigenvalue weighted by molar-refractivity contribution is 9.10. The molecule has 0 radical (unpaired) electrons. The van der Waals surface area contributed by atoms with Crippen molar-refractivity contribution in [1.82, 2.24) is 9.97 Å². The lowest BCUT2D eigenvalue weighted by molar-refractivity contribution is 0.101. The molecule has 0 saturated heterocycles. The van der Waals surface area contributed by atoms with Crippen LogP contribution in [0.25, 0.3) is 0 Å². The van der Waals surface area contributed by atoms with Crippen molar-refractivity contribution in [3.05, 3.63) is 56.0 Å². The van der Waals surface area contributed by atoms with Crippen LogP contribution in [0.2, 0.25) is 0 Å². The Hall–Kier alpha value is -0.780. The van der Waals surface area contributed by atoms with Gasteiger partial charge in [0.2, 0.25) is 0 Å². The molecule has 0 spiro atoms. The summed E-state index contributed by atoms with van der Waals surface area (Å²) < 4.78 is 7.61. The summed E-state index contributed by atoms with van der Waals surface area (Å²) in [6.07, 6.45) is 3.67. The molecule has 2 aromatic rings. The van der Waals surface area contributed by atoms with Crippen molar-refractivity contribution in [2.75, 3.05) is 0 Å². The van der Waals surface area contributed by atoms with Gasteiger partial charge in [0.05, 0.1) is 24.6 Å². The highest BCUT2D eigenvalue weighted by Crippen LogP contribution is 2.19. The van der Waals surface area contributed by atoms with E-state index in [-0.39, 0.29) is 0 Å². The first-order chi connectivity index (χ1) is 9.06. The van der Waals surface area contributed by atoms with Crippen LogP contribution in [0.1, 0.15) is 22.5 Å². The summed E-state index contributed by atoms with van der Waals surface area (Å²) in [7, 11) is 0. The molecular formula is C14H14Br2N2O. The molecular weight excluding hydrogens is 372 g/mol. The van der Waals surface area contributed by atoms with Crippen molar-refractivity contribution in [3.8, 4) is 0 Å². The van der Waals surface area contributed by atoms with Crippen LogP contribution in [0, 0.1) is 13.8 Å². The number of hydrogen-bond donors (Lipinski definition) is 0. The molecule has 0 saturated carbocycles. The molecule has 5 heteroatoms. The lowest BCUT2D eigenvalue weighted by Crippen LogP contribution is -2.00. The minimum atomic E-state index is 0.461. The molecule has 0 bridgehead atoms. The van der Waals surface area contributed by atoms with E-state index in [4.69, 9.17) is 4.74 Å². The van der Waals surface area contributed by atoms with E-state index < -0.39 is 0 Å². The maximum atomic E-state index is 5.66. The van der Waals surface area contributed by atoms with Gasteiger partial charge in [0, 0.05) is 21.3 Å². The molecule has 0 atom stereocenters. The summed E-state index contributed by atoms with van der Waals surface area (Å²) >= 11 is 6.98. The Morgan fingerprint density at radius 2 is 1.32 bits per heavy atom. The first-order valence-electron chi connectivity index (χ1n) is 5.86. The Morgan fingerprint density at radius 1 is 0.895 bits per heavy atom. The smallest absolute Gasteiger partial charge is 0.0904 e. The molecule has 0 N–H and O–H groups in total. The molecule has 0 unspecified atom stereocenters. The third-order valence-electron chi connectivity index (χ3n) is 2.59. The maximum Gasteiger partial charge on any atom is 0.0904 e. The Kier molecular flexibility index (Phi) is 5.07. The average molecular weight is 386 g/mol. The number of aromatic nitrogens is 2. The lowest BCUT2D eigenvalue weighted by Gasteiger charge is -2.07. The van der Waals surface area contributed by atoms with E-state index in [1.54, 1.807) is 0 Å². The van der Waals surface area contributed by atoms with Gasteiger partial charge in [-0.1, -0.05) is 0 Å². The van der Waals surface area contributed by atoms with E-state index >= 15 is 0 Å². The predicted molar refractivity (Wildman–Crippen MR) is 81.8 cm³/mol. The molecule has 0 aromatic carbocycles. The second-order valence-corrected chi connectivity index (χ2v) is 6.08. The largest absolute Gasteiger partial charge is 0.369 e. The summed E-state index contributed by atoms with van der Waals surface area (Å²) in [4.78, 5) is 8.68. The van der Waals surface area contributed by atoms with E-state index in [0.717, 1.165) is 31.5 Å². The summed E-state index contributed by atoms with van der Waals surface area (Å²) in [5.41, 5.74) is 4.04. The topological polar surface area (TPSA) is 35.0 Å². The fourth-order valence-electron chi connectivity index (χ4n) is 1.58. The second-order valence-electron chi connectivity index (χ2n) is 4.38. The first-order valence-corrected chi connectivity index (χ1v) is 7.44. The fourth-order valence-corrected chi connectivity index (χ4v) is 2.74. The van der Waals surface area contributed by atoms with Gasteiger partial charge >= 0.3 is 0 Å². The van der Waals surface area contributed by atoms with Crippen molar-refractivity contribution < 1.29 is 4.74 Å². The number of pyridine rings is 2. The first kappa shape index (κ1) is 14.6. The van der Waals surface area contributed by atoms with Crippen LogP contribution in [0.15, 0.2) is 33.5 Å². The zero-order chi connectivity index (χ0) is 13.8. The van der Waals surface area contributed by atoms with Gasteiger partial charge in [-0.2, -0.15) is 0 Å². The summed E-state index contributed by atoms with van der Waals surface area (Å²) in [6.45, 7) is 4.94. The van der Waals surface area contributed by atoms with Crippen LogP contribution in [-0.2, 0) is 18.0 Å². The number of nitrogens with zero attached hydrogens (tertiary/aromatic N) is 2. The van der Waals surface area contributed by atoms with Gasteiger partial charge in [0.15, 0.2) is 0 Å². The molecule has 100 valence electrons. The van der Waals surface area contributed by atoms with Crippen molar-refractivity contribution in [1.29, 1.82) is 0 Å². The predicted octanol–water partition coefficient (Wildman–Crippen LogP) is 4.34. The van der Waals surface area contributed by atoms with E-state index in [0.29, 0.717) is 13.2 Å². The van der Waals surface area contributed by atoms with E-state index in [1.165, 1.54) is 0 Å². The Balaban J connectivity index is 1.96. The lowest BCUT2D eigenvalue weighted by atomic mass is 10.3. The standard InChI is InChI=1S/C14H14Br2N2O/c1-9-3-11(15)13(17-5-9)7-19-8-14-12(16)4-10(2)6-18-14/h3-6H,7-8H2,1-2H3. The number of hydrogen-bond acceptors (Lipinski definition) is 3. The van der Waals surface area contributed by atoms with E-state index in [1.807, 2.05) is 38.4 Å². The van der Waals surface area contributed by atoms with Crippen LogP contribution in [0.4, 0.5) is 0 Å². The Labute approximate surface area is 129 Å². The zero-order valence-electron chi connectivity index (χ0n) is 10.8. The fraction of sp³-hybridized carbons (Fsp3) is 0.286. The number of halogens is 2. The monoisotopic (exact) mass is 384 g/mol.